The predicted octanol–water partition coefficient (Wildman–Crippen LogP) is 5.83. The van der Waals surface area contributed by atoms with E-state index in [0.717, 1.165) is 18.2 Å². The van der Waals surface area contributed by atoms with Crippen LogP contribution in [0.2, 0.25) is 5.02 Å². The highest BCUT2D eigenvalue weighted by atomic mass is 35.5. The Balaban J connectivity index is 1.93. The van der Waals surface area contributed by atoms with Crippen molar-refractivity contribution in [2.45, 2.75) is 6.18 Å². The summed E-state index contributed by atoms with van der Waals surface area (Å²) in [6, 6.07) is 14.2. The fourth-order valence-corrected chi connectivity index (χ4v) is 3.11. The zero-order chi connectivity index (χ0) is 24.2. The lowest BCUT2D eigenvalue weighted by molar-refractivity contribution is -0.167. The number of ether oxygens (including phenoxy) is 1. The number of rotatable bonds is 3. The maximum absolute atomic E-state index is 13.6. The van der Waals surface area contributed by atoms with Crippen LogP contribution in [0, 0.1) is 17.7 Å². The van der Waals surface area contributed by atoms with Crippen LogP contribution in [-0.2, 0) is 9.53 Å². The van der Waals surface area contributed by atoms with Gasteiger partial charge in [-0.3, -0.25) is 4.79 Å². The molecule has 168 valence electrons. The van der Waals surface area contributed by atoms with Crippen molar-refractivity contribution >= 4 is 29.2 Å². The topological polar surface area (TPSA) is 55.4 Å². The number of carbonyl (C=O) groups excluding carboxylic acids is 2. The summed E-state index contributed by atoms with van der Waals surface area (Å²) in [6.07, 6.45) is -5.10. The molecular weight excluding hydrogens is 462 g/mol. The van der Waals surface area contributed by atoms with Crippen molar-refractivity contribution in [2.75, 3.05) is 12.4 Å². The number of amides is 1. The lowest BCUT2D eigenvalue weighted by Crippen LogP contribution is -2.30. The first-order valence-electron chi connectivity index (χ1n) is 9.26. The highest BCUT2D eigenvalue weighted by Crippen LogP contribution is 2.29. The number of methoxy groups -OCH3 is 1. The van der Waals surface area contributed by atoms with E-state index in [0.29, 0.717) is 21.7 Å². The largest absolute Gasteiger partial charge is 0.471 e. The SMILES string of the molecule is COC(=O)c1ccc(-c2cccc(C#Cc3cc(F)ccc3NC(=O)C(F)(F)F)c2)c(Cl)c1. The molecule has 0 aliphatic rings. The average Bonchev–Trinajstić information content (AvgIpc) is 2.78. The van der Waals surface area contributed by atoms with Gasteiger partial charge in [0.15, 0.2) is 0 Å². The van der Waals surface area contributed by atoms with E-state index in [1.165, 1.54) is 13.2 Å². The molecule has 0 aliphatic carbocycles. The molecule has 0 radical (unpaired) electrons. The number of alkyl halides is 3. The second-order valence-electron chi connectivity index (χ2n) is 6.66. The van der Waals surface area contributed by atoms with Gasteiger partial charge in [0.25, 0.3) is 0 Å². The summed E-state index contributed by atoms with van der Waals surface area (Å²) in [5, 5.41) is 1.99. The third-order valence-corrected chi connectivity index (χ3v) is 4.71. The maximum Gasteiger partial charge on any atom is 0.471 e. The van der Waals surface area contributed by atoms with Crippen LogP contribution in [0.3, 0.4) is 0 Å². The minimum atomic E-state index is -5.10. The maximum atomic E-state index is 13.6. The molecule has 0 unspecified atom stereocenters. The molecule has 1 amide bonds. The van der Waals surface area contributed by atoms with E-state index in [1.54, 1.807) is 41.7 Å². The van der Waals surface area contributed by atoms with Gasteiger partial charge >= 0.3 is 18.1 Å². The normalized spacial score (nSPS) is 10.7. The summed E-state index contributed by atoms with van der Waals surface area (Å²) in [7, 11) is 1.25. The van der Waals surface area contributed by atoms with Crippen molar-refractivity contribution in [3.8, 4) is 23.0 Å². The van der Waals surface area contributed by atoms with Crippen molar-refractivity contribution in [2.24, 2.45) is 0 Å². The third-order valence-electron chi connectivity index (χ3n) is 4.39. The van der Waals surface area contributed by atoms with Crippen molar-refractivity contribution in [1.82, 2.24) is 0 Å². The second-order valence-corrected chi connectivity index (χ2v) is 7.07. The van der Waals surface area contributed by atoms with Gasteiger partial charge in [0, 0.05) is 16.1 Å². The summed E-state index contributed by atoms with van der Waals surface area (Å²) >= 11 is 6.30. The third kappa shape index (κ3) is 5.90. The first-order chi connectivity index (χ1) is 15.6. The van der Waals surface area contributed by atoms with Gasteiger partial charge in [-0.15, -0.1) is 0 Å². The number of nitrogens with one attached hydrogen (secondary N) is 1. The smallest absolute Gasteiger partial charge is 0.465 e. The number of esters is 1. The Morgan fingerprint density at radius 2 is 1.76 bits per heavy atom. The predicted molar refractivity (Wildman–Crippen MR) is 115 cm³/mol. The van der Waals surface area contributed by atoms with Crippen LogP contribution in [0.5, 0.6) is 0 Å². The molecule has 9 heteroatoms. The quantitative estimate of drug-likeness (QED) is 0.294. The minimum absolute atomic E-state index is 0.126. The molecule has 0 fully saturated rings. The van der Waals surface area contributed by atoms with Gasteiger partial charge in [0.1, 0.15) is 5.82 Å². The van der Waals surface area contributed by atoms with Crippen LogP contribution < -0.4 is 5.32 Å². The lowest BCUT2D eigenvalue weighted by atomic mass is 10.0. The van der Waals surface area contributed by atoms with E-state index < -0.39 is 23.9 Å². The van der Waals surface area contributed by atoms with E-state index in [2.05, 4.69) is 16.6 Å². The second kappa shape index (κ2) is 9.76. The molecule has 0 aliphatic heterocycles. The van der Waals surface area contributed by atoms with Crippen molar-refractivity contribution < 1.29 is 31.9 Å². The fourth-order valence-electron chi connectivity index (χ4n) is 2.82. The Morgan fingerprint density at radius 1 is 1.00 bits per heavy atom. The van der Waals surface area contributed by atoms with E-state index in [-0.39, 0.29) is 16.8 Å². The van der Waals surface area contributed by atoms with Crippen LogP contribution in [0.4, 0.5) is 23.2 Å². The van der Waals surface area contributed by atoms with Crippen molar-refractivity contribution in [3.05, 3.63) is 88.2 Å². The molecule has 0 atom stereocenters. The van der Waals surface area contributed by atoms with Crippen LogP contribution in [0.15, 0.2) is 60.7 Å². The monoisotopic (exact) mass is 475 g/mol. The Labute approximate surface area is 191 Å². The molecule has 4 nitrogen and oxygen atoms in total. The number of anilines is 1. The summed E-state index contributed by atoms with van der Waals surface area (Å²) in [5.41, 5.74) is 1.60. The Hall–Kier alpha value is -3.83. The first-order valence-corrected chi connectivity index (χ1v) is 9.64. The van der Waals surface area contributed by atoms with Gasteiger partial charge < -0.3 is 10.1 Å². The Kier molecular flexibility index (Phi) is 7.04. The number of benzene rings is 3. The van der Waals surface area contributed by atoms with E-state index in [9.17, 15) is 27.2 Å². The molecule has 0 saturated heterocycles. The fraction of sp³-hybridized carbons (Fsp3) is 0.0833. The molecule has 0 bridgehead atoms. The Morgan fingerprint density at radius 3 is 2.42 bits per heavy atom. The highest BCUT2D eigenvalue weighted by Gasteiger charge is 2.38. The van der Waals surface area contributed by atoms with Gasteiger partial charge in [-0.05, 0) is 48.0 Å². The number of hydrogen-bond donors (Lipinski definition) is 1. The zero-order valence-electron chi connectivity index (χ0n) is 16.9. The van der Waals surface area contributed by atoms with Crippen LogP contribution in [0.1, 0.15) is 21.5 Å². The lowest BCUT2D eigenvalue weighted by Gasteiger charge is -2.09. The molecule has 3 rings (SSSR count). The van der Waals surface area contributed by atoms with Gasteiger partial charge in [-0.2, -0.15) is 13.2 Å². The molecular formula is C24H14ClF4NO3. The van der Waals surface area contributed by atoms with Crippen LogP contribution in [-0.4, -0.2) is 25.2 Å². The van der Waals surface area contributed by atoms with Gasteiger partial charge in [0.05, 0.1) is 23.9 Å². The van der Waals surface area contributed by atoms with Gasteiger partial charge in [-0.1, -0.05) is 41.6 Å². The van der Waals surface area contributed by atoms with Gasteiger partial charge in [-0.25, -0.2) is 9.18 Å². The van der Waals surface area contributed by atoms with Crippen LogP contribution >= 0.6 is 11.6 Å². The van der Waals surface area contributed by atoms with E-state index in [1.807, 2.05) is 0 Å². The number of halogens is 5. The molecule has 0 spiro atoms. The van der Waals surface area contributed by atoms with E-state index in [4.69, 9.17) is 11.6 Å². The highest BCUT2D eigenvalue weighted by molar-refractivity contribution is 6.33. The minimum Gasteiger partial charge on any atom is -0.465 e. The Bertz CT molecular complexity index is 1290. The standard InChI is InChI=1S/C24H14ClF4NO3/c1-33-22(31)17-7-9-19(20(25)13-17)15-4-2-3-14(11-15)5-6-16-12-18(26)8-10-21(16)30-23(32)24(27,28)29/h2-4,7-13H,1H3,(H,30,32). The average molecular weight is 476 g/mol. The number of hydrogen-bond acceptors (Lipinski definition) is 3. The molecule has 3 aromatic rings. The number of carbonyl (C=O) groups is 2. The molecule has 0 aromatic heterocycles. The van der Waals surface area contributed by atoms with Crippen molar-refractivity contribution in [3.63, 3.8) is 0 Å². The molecule has 3 aromatic carbocycles. The molecule has 1 N–H and O–H groups in total. The first kappa shape index (κ1) is 23.8. The molecule has 33 heavy (non-hydrogen) atoms. The molecule has 0 saturated carbocycles. The van der Waals surface area contributed by atoms with E-state index >= 15 is 0 Å². The summed E-state index contributed by atoms with van der Waals surface area (Å²) < 4.78 is 56.0. The summed E-state index contributed by atoms with van der Waals surface area (Å²) in [5.74, 6) is 1.88. The summed E-state index contributed by atoms with van der Waals surface area (Å²) in [4.78, 5) is 22.9. The zero-order valence-corrected chi connectivity index (χ0v) is 17.6. The van der Waals surface area contributed by atoms with Crippen molar-refractivity contribution in [1.29, 1.82) is 0 Å². The molecule has 0 heterocycles. The summed E-state index contributed by atoms with van der Waals surface area (Å²) in [6.45, 7) is 0. The van der Waals surface area contributed by atoms with Crippen LogP contribution in [0.25, 0.3) is 11.1 Å². The van der Waals surface area contributed by atoms with Gasteiger partial charge in [0.2, 0.25) is 0 Å².